The van der Waals surface area contributed by atoms with Gasteiger partial charge in [0.25, 0.3) is 5.56 Å². The normalized spacial score (nSPS) is 15.4. The Morgan fingerprint density at radius 1 is 1.50 bits per heavy atom. The van der Waals surface area contributed by atoms with Gasteiger partial charge in [-0.15, -0.1) is 0 Å². The highest BCUT2D eigenvalue weighted by molar-refractivity contribution is 5.94. The van der Waals surface area contributed by atoms with E-state index in [4.69, 9.17) is 11.1 Å². The number of amidine groups is 1. The number of rotatable bonds is 3. The quantitative estimate of drug-likeness (QED) is 0.598. The van der Waals surface area contributed by atoms with Gasteiger partial charge in [0.15, 0.2) is 0 Å². The molecule has 2 rings (SSSR count). The molecule has 16 heavy (non-hydrogen) atoms. The largest absolute Gasteiger partial charge is 0.384 e. The first-order valence-corrected chi connectivity index (χ1v) is 5.62. The van der Waals surface area contributed by atoms with Crippen LogP contribution in [0.5, 0.6) is 0 Å². The average Bonchev–Trinajstić information content (AvgIpc) is 2.99. The Hall–Kier alpha value is -1.58. The van der Waals surface area contributed by atoms with E-state index in [2.05, 4.69) is 13.8 Å². The van der Waals surface area contributed by atoms with E-state index in [9.17, 15) is 4.79 Å². The van der Waals surface area contributed by atoms with Crippen LogP contribution in [0.15, 0.2) is 16.9 Å². The highest BCUT2D eigenvalue weighted by atomic mass is 16.1. The molecule has 1 aliphatic carbocycles. The van der Waals surface area contributed by atoms with Crippen molar-refractivity contribution in [3.63, 3.8) is 0 Å². The molecule has 0 aliphatic heterocycles. The molecule has 0 aromatic carbocycles. The molecule has 1 aliphatic rings. The van der Waals surface area contributed by atoms with E-state index in [1.165, 1.54) is 0 Å². The fraction of sp³-hybridized carbons (Fsp3) is 0.500. The maximum absolute atomic E-state index is 12.2. The third-order valence-corrected chi connectivity index (χ3v) is 2.94. The van der Waals surface area contributed by atoms with Crippen molar-refractivity contribution in [1.29, 1.82) is 5.41 Å². The molecule has 86 valence electrons. The monoisotopic (exact) mass is 219 g/mol. The van der Waals surface area contributed by atoms with Gasteiger partial charge in [0.1, 0.15) is 5.84 Å². The van der Waals surface area contributed by atoms with Crippen molar-refractivity contribution in [2.75, 3.05) is 0 Å². The van der Waals surface area contributed by atoms with E-state index in [0.717, 1.165) is 18.5 Å². The van der Waals surface area contributed by atoms with Crippen LogP contribution >= 0.6 is 0 Å². The number of hydrogen-bond acceptors (Lipinski definition) is 2. The van der Waals surface area contributed by atoms with Crippen LogP contribution in [0, 0.1) is 5.41 Å². The molecule has 3 N–H and O–H groups in total. The van der Waals surface area contributed by atoms with Gasteiger partial charge in [-0.05, 0) is 30.9 Å². The molecule has 4 nitrogen and oxygen atoms in total. The molecule has 0 radical (unpaired) electrons. The summed E-state index contributed by atoms with van der Waals surface area (Å²) < 4.78 is 1.82. The highest BCUT2D eigenvalue weighted by Crippen LogP contribution is 2.35. The summed E-state index contributed by atoms with van der Waals surface area (Å²) in [6, 6.07) is 3.91. The number of nitrogens with zero attached hydrogens (tertiary/aromatic N) is 1. The molecule has 0 atom stereocenters. The van der Waals surface area contributed by atoms with Crippen LogP contribution in [-0.4, -0.2) is 10.4 Å². The summed E-state index contributed by atoms with van der Waals surface area (Å²) in [6.45, 7) is 4.14. The summed E-state index contributed by atoms with van der Waals surface area (Å²) in [6.07, 6.45) is 2.11. The molecule has 0 spiro atoms. The molecule has 1 saturated carbocycles. The van der Waals surface area contributed by atoms with Crippen molar-refractivity contribution < 1.29 is 0 Å². The lowest BCUT2D eigenvalue weighted by Gasteiger charge is -2.16. The van der Waals surface area contributed by atoms with Gasteiger partial charge in [0.2, 0.25) is 0 Å². The van der Waals surface area contributed by atoms with E-state index in [1.807, 2.05) is 10.6 Å². The number of aromatic nitrogens is 1. The molecule has 0 unspecified atom stereocenters. The molecule has 1 heterocycles. The van der Waals surface area contributed by atoms with Crippen LogP contribution in [-0.2, 0) is 0 Å². The number of nitrogens with two attached hydrogens (primary N) is 1. The first-order valence-electron chi connectivity index (χ1n) is 5.62. The molecule has 1 aromatic heterocycles. The summed E-state index contributed by atoms with van der Waals surface area (Å²) in [4.78, 5) is 12.2. The molecule has 1 fully saturated rings. The van der Waals surface area contributed by atoms with Crippen LogP contribution < -0.4 is 11.3 Å². The lowest BCUT2D eigenvalue weighted by molar-refractivity contribution is 0.625. The Morgan fingerprint density at radius 3 is 2.56 bits per heavy atom. The van der Waals surface area contributed by atoms with Gasteiger partial charge in [0, 0.05) is 11.7 Å². The third-order valence-electron chi connectivity index (χ3n) is 2.94. The number of nitrogen functional groups attached to an aromatic ring is 1. The molecular weight excluding hydrogens is 202 g/mol. The maximum atomic E-state index is 12.2. The second-order valence-electron chi connectivity index (χ2n) is 4.65. The zero-order valence-corrected chi connectivity index (χ0v) is 9.66. The third kappa shape index (κ3) is 1.75. The van der Waals surface area contributed by atoms with E-state index in [-0.39, 0.29) is 11.4 Å². The SMILES string of the molecule is CC(C)c1ccc(C(=N)N)c(=O)n1C1CC1. The molecular formula is C12H17N3O. The van der Waals surface area contributed by atoms with Crippen LogP contribution in [0.3, 0.4) is 0 Å². The lowest BCUT2D eigenvalue weighted by atomic mass is 10.1. The second kappa shape index (κ2) is 3.77. The Morgan fingerprint density at radius 2 is 2.12 bits per heavy atom. The van der Waals surface area contributed by atoms with Crippen molar-refractivity contribution in [2.24, 2.45) is 5.73 Å². The van der Waals surface area contributed by atoms with Gasteiger partial charge in [-0.1, -0.05) is 13.8 Å². The van der Waals surface area contributed by atoms with Gasteiger partial charge in [-0.25, -0.2) is 0 Å². The predicted octanol–water partition coefficient (Wildman–Crippen LogP) is 1.59. The van der Waals surface area contributed by atoms with E-state index in [0.29, 0.717) is 17.5 Å². The highest BCUT2D eigenvalue weighted by Gasteiger charge is 2.28. The van der Waals surface area contributed by atoms with Crippen LogP contribution in [0.25, 0.3) is 0 Å². The van der Waals surface area contributed by atoms with Crippen molar-refractivity contribution >= 4 is 5.84 Å². The molecule has 1 aromatic rings. The van der Waals surface area contributed by atoms with Gasteiger partial charge >= 0.3 is 0 Å². The topological polar surface area (TPSA) is 71.9 Å². The Labute approximate surface area is 94.6 Å². The van der Waals surface area contributed by atoms with Crippen LogP contribution in [0.4, 0.5) is 0 Å². The minimum atomic E-state index is -0.144. The molecule has 4 heteroatoms. The van der Waals surface area contributed by atoms with Gasteiger partial charge in [-0.3, -0.25) is 10.2 Å². The average molecular weight is 219 g/mol. The summed E-state index contributed by atoms with van der Waals surface area (Å²) in [5.41, 5.74) is 6.65. The summed E-state index contributed by atoms with van der Waals surface area (Å²) in [5.74, 6) is 0.170. The smallest absolute Gasteiger partial charge is 0.262 e. The maximum Gasteiger partial charge on any atom is 0.262 e. The van der Waals surface area contributed by atoms with Crippen molar-refractivity contribution in [1.82, 2.24) is 4.57 Å². The van der Waals surface area contributed by atoms with E-state index in [1.54, 1.807) is 6.07 Å². The summed E-state index contributed by atoms with van der Waals surface area (Å²) in [7, 11) is 0. The standard InChI is InChI=1S/C12H17N3O/c1-7(2)10-6-5-9(11(13)14)12(16)15(10)8-3-4-8/h5-8H,3-4H2,1-2H3,(H3,13,14). The molecule has 0 amide bonds. The van der Waals surface area contributed by atoms with Gasteiger partial charge in [-0.2, -0.15) is 0 Å². The minimum absolute atomic E-state index is 0.110. The Balaban J connectivity index is 2.63. The van der Waals surface area contributed by atoms with Crippen LogP contribution in [0.2, 0.25) is 0 Å². The fourth-order valence-electron chi connectivity index (χ4n) is 1.95. The zero-order valence-electron chi connectivity index (χ0n) is 9.66. The zero-order chi connectivity index (χ0) is 11.9. The van der Waals surface area contributed by atoms with Crippen LogP contribution in [0.1, 0.15) is 49.9 Å². The predicted molar refractivity (Wildman–Crippen MR) is 64.1 cm³/mol. The van der Waals surface area contributed by atoms with Crippen molar-refractivity contribution in [3.8, 4) is 0 Å². The first-order chi connectivity index (χ1) is 7.52. The lowest BCUT2D eigenvalue weighted by Crippen LogP contribution is -2.31. The van der Waals surface area contributed by atoms with Crippen molar-refractivity contribution in [3.05, 3.63) is 33.7 Å². The fourth-order valence-corrected chi connectivity index (χ4v) is 1.95. The number of pyridine rings is 1. The molecule has 0 bridgehead atoms. The van der Waals surface area contributed by atoms with Gasteiger partial charge < -0.3 is 10.3 Å². The first kappa shape index (κ1) is 10.9. The second-order valence-corrected chi connectivity index (χ2v) is 4.65. The van der Waals surface area contributed by atoms with Crippen molar-refractivity contribution in [2.45, 2.75) is 38.6 Å². The number of hydrogen-bond donors (Lipinski definition) is 2. The Bertz CT molecular complexity index is 484. The molecule has 0 saturated heterocycles. The summed E-state index contributed by atoms with van der Waals surface area (Å²) >= 11 is 0. The minimum Gasteiger partial charge on any atom is -0.384 e. The van der Waals surface area contributed by atoms with E-state index >= 15 is 0 Å². The van der Waals surface area contributed by atoms with Gasteiger partial charge in [0.05, 0.1) is 5.56 Å². The summed E-state index contributed by atoms with van der Waals surface area (Å²) in [5, 5.41) is 7.38. The number of nitrogens with one attached hydrogen (secondary N) is 1. The van der Waals surface area contributed by atoms with E-state index < -0.39 is 0 Å². The Kier molecular flexibility index (Phi) is 2.58.